The van der Waals surface area contributed by atoms with Gasteiger partial charge < -0.3 is 9.84 Å². The predicted octanol–water partition coefficient (Wildman–Crippen LogP) is 5.01. The van der Waals surface area contributed by atoms with Gasteiger partial charge in [0.1, 0.15) is 11.6 Å². The van der Waals surface area contributed by atoms with Gasteiger partial charge in [-0.3, -0.25) is 19.8 Å². The van der Waals surface area contributed by atoms with E-state index >= 15 is 0 Å². The number of ether oxygens (including phenoxy) is 1. The zero-order valence-corrected chi connectivity index (χ0v) is 18.9. The lowest BCUT2D eigenvalue weighted by Crippen LogP contribution is -2.44. The number of methoxy groups -OCH3 is 1. The van der Waals surface area contributed by atoms with Crippen LogP contribution >= 0.6 is 27.5 Å². The fraction of sp³-hybridized carbons (Fsp3) is 0.136. The van der Waals surface area contributed by atoms with Gasteiger partial charge in [-0.2, -0.15) is 0 Å². The van der Waals surface area contributed by atoms with Crippen LogP contribution in [0.1, 0.15) is 27.0 Å². The molecule has 1 amide bonds. The van der Waals surface area contributed by atoms with E-state index in [-0.39, 0.29) is 32.7 Å². The molecule has 0 saturated carbocycles. The van der Waals surface area contributed by atoms with E-state index in [9.17, 15) is 24.4 Å². The fourth-order valence-electron chi connectivity index (χ4n) is 3.84. The molecule has 32 heavy (non-hydrogen) atoms. The molecule has 164 valence electrons. The number of rotatable bonds is 5. The Kier molecular flexibility index (Phi) is 5.66. The molecule has 1 aliphatic heterocycles. The van der Waals surface area contributed by atoms with E-state index in [1.54, 1.807) is 24.3 Å². The largest absolute Gasteiger partial charge is 0.497 e. The summed E-state index contributed by atoms with van der Waals surface area (Å²) in [6.07, 6.45) is 0. The molecule has 3 aromatic rings. The van der Waals surface area contributed by atoms with Crippen LogP contribution < -0.4 is 4.74 Å². The topological polar surface area (TPSA) is 92.9 Å². The number of nitrogens with zero attached hydrogens (tertiary/aromatic N) is 2. The van der Waals surface area contributed by atoms with E-state index < -0.39 is 28.1 Å². The maximum atomic E-state index is 14.2. The summed E-state index contributed by atoms with van der Waals surface area (Å²) in [5.74, 6) is -0.793. The number of hydrogen-bond donors (Lipinski definition) is 1. The molecule has 4 rings (SSSR count). The molecule has 1 aliphatic rings. The van der Waals surface area contributed by atoms with Crippen molar-refractivity contribution >= 4 is 39.1 Å². The van der Waals surface area contributed by atoms with Crippen molar-refractivity contribution in [2.24, 2.45) is 0 Å². The van der Waals surface area contributed by atoms with Crippen LogP contribution in [0.3, 0.4) is 0 Å². The van der Waals surface area contributed by atoms with Crippen LogP contribution in [0.2, 0.25) is 5.02 Å². The van der Waals surface area contributed by atoms with Crippen molar-refractivity contribution < 1.29 is 24.0 Å². The summed E-state index contributed by atoms with van der Waals surface area (Å²) in [7, 11) is 1.51. The summed E-state index contributed by atoms with van der Waals surface area (Å²) < 4.78 is 19.6. The highest BCUT2D eigenvalue weighted by molar-refractivity contribution is 9.10. The van der Waals surface area contributed by atoms with Crippen molar-refractivity contribution in [3.63, 3.8) is 0 Å². The van der Waals surface area contributed by atoms with Crippen LogP contribution in [0.5, 0.6) is 5.75 Å². The van der Waals surface area contributed by atoms with Crippen LogP contribution in [0.15, 0.2) is 59.1 Å². The van der Waals surface area contributed by atoms with Gasteiger partial charge in [0.15, 0.2) is 0 Å². The molecule has 1 N–H and O–H groups in total. The number of nitro benzene ring substituents is 1. The molecular formula is C22H15BrClFN2O5. The Morgan fingerprint density at radius 1 is 1.22 bits per heavy atom. The zero-order chi connectivity index (χ0) is 23.2. The Morgan fingerprint density at radius 3 is 2.53 bits per heavy atom. The number of carbonyl (C=O) groups is 1. The summed E-state index contributed by atoms with van der Waals surface area (Å²) in [6, 6.07) is 12.6. The molecule has 0 aliphatic carbocycles. The Balaban J connectivity index is 1.97. The second kappa shape index (κ2) is 8.16. The molecule has 10 heteroatoms. The molecule has 7 nitrogen and oxygen atoms in total. The van der Waals surface area contributed by atoms with Gasteiger partial charge in [0, 0.05) is 27.7 Å². The fourth-order valence-corrected chi connectivity index (χ4v) is 4.54. The van der Waals surface area contributed by atoms with Crippen molar-refractivity contribution in [3.8, 4) is 5.75 Å². The first-order valence-electron chi connectivity index (χ1n) is 9.28. The van der Waals surface area contributed by atoms with Gasteiger partial charge in [-0.15, -0.1) is 0 Å². The minimum Gasteiger partial charge on any atom is -0.497 e. The maximum Gasteiger partial charge on any atom is 0.279 e. The van der Waals surface area contributed by atoms with Crippen LogP contribution in [0.4, 0.5) is 10.1 Å². The highest BCUT2D eigenvalue weighted by Crippen LogP contribution is 2.50. The van der Waals surface area contributed by atoms with Gasteiger partial charge in [0.05, 0.1) is 23.2 Å². The lowest BCUT2D eigenvalue weighted by atomic mass is 9.92. The number of carbonyl (C=O) groups excluding carboxylic acids is 1. The van der Waals surface area contributed by atoms with E-state index in [0.29, 0.717) is 11.3 Å². The minimum atomic E-state index is -2.38. The van der Waals surface area contributed by atoms with Crippen LogP contribution in [0, 0.1) is 15.9 Å². The van der Waals surface area contributed by atoms with Crippen molar-refractivity contribution in [1.82, 2.24) is 4.90 Å². The summed E-state index contributed by atoms with van der Waals surface area (Å²) >= 11 is 9.47. The number of hydrogen-bond acceptors (Lipinski definition) is 5. The van der Waals surface area contributed by atoms with Gasteiger partial charge in [-0.25, -0.2) is 4.39 Å². The van der Waals surface area contributed by atoms with E-state index in [1.807, 2.05) is 0 Å². The number of nitro groups is 1. The van der Waals surface area contributed by atoms with E-state index in [1.165, 1.54) is 25.3 Å². The first kappa shape index (κ1) is 22.2. The summed E-state index contributed by atoms with van der Waals surface area (Å²) in [6.45, 7) is -0.129. The van der Waals surface area contributed by atoms with E-state index in [4.69, 9.17) is 16.3 Å². The lowest BCUT2D eigenvalue weighted by molar-refractivity contribution is -0.386. The van der Waals surface area contributed by atoms with Gasteiger partial charge >= 0.3 is 0 Å². The lowest BCUT2D eigenvalue weighted by Gasteiger charge is -2.35. The quantitative estimate of drug-likeness (QED) is 0.376. The monoisotopic (exact) mass is 520 g/mol. The highest BCUT2D eigenvalue weighted by atomic mass is 79.9. The van der Waals surface area contributed by atoms with Crippen molar-refractivity contribution in [1.29, 1.82) is 0 Å². The average Bonchev–Trinajstić information content (AvgIpc) is 2.97. The molecule has 0 aromatic heterocycles. The van der Waals surface area contributed by atoms with Crippen LogP contribution in [-0.2, 0) is 12.3 Å². The van der Waals surface area contributed by atoms with Crippen LogP contribution in [0.25, 0.3) is 0 Å². The minimum absolute atomic E-state index is 0.0495. The van der Waals surface area contributed by atoms with E-state index in [0.717, 1.165) is 17.0 Å². The van der Waals surface area contributed by atoms with Gasteiger partial charge in [-0.05, 0) is 42.0 Å². The summed E-state index contributed by atoms with van der Waals surface area (Å²) in [4.78, 5) is 25.6. The molecule has 0 saturated heterocycles. The smallest absolute Gasteiger partial charge is 0.279 e. The Morgan fingerprint density at radius 2 is 1.91 bits per heavy atom. The Labute approximate surface area is 195 Å². The standard InChI is InChI=1S/C22H15BrClFN2O5/c1-32-15-5-2-12(3-6-15)11-26-21(28)16-8-13(23)9-19(27(30)31)20(16)22(26,29)17-10-14(25)4-7-18(17)24/h2-10,29H,11H2,1H3. The SMILES string of the molecule is COc1ccc(CN2C(=O)c3cc(Br)cc([N+](=O)[O-])c3C2(O)c2cc(F)ccc2Cl)cc1. The molecule has 0 fully saturated rings. The second-order valence-corrected chi connectivity index (χ2v) is 8.46. The van der Waals surface area contributed by atoms with Crippen molar-refractivity contribution in [2.45, 2.75) is 12.3 Å². The normalized spacial score (nSPS) is 17.4. The Hall–Kier alpha value is -3.01. The number of amides is 1. The molecule has 0 radical (unpaired) electrons. The van der Waals surface area contributed by atoms with Crippen molar-refractivity contribution in [2.75, 3.05) is 7.11 Å². The maximum absolute atomic E-state index is 14.2. The third kappa shape index (κ3) is 3.52. The molecule has 1 unspecified atom stereocenters. The molecule has 1 atom stereocenters. The van der Waals surface area contributed by atoms with Gasteiger partial charge in [-0.1, -0.05) is 39.7 Å². The second-order valence-electron chi connectivity index (χ2n) is 7.14. The number of halogens is 3. The molecule has 1 heterocycles. The van der Waals surface area contributed by atoms with Crippen LogP contribution in [-0.4, -0.2) is 27.9 Å². The molecule has 0 bridgehead atoms. The molecule has 3 aromatic carbocycles. The van der Waals surface area contributed by atoms with Gasteiger partial charge in [0.2, 0.25) is 5.72 Å². The third-order valence-corrected chi connectivity index (χ3v) is 6.08. The number of aliphatic hydroxyl groups is 1. The molecular weight excluding hydrogens is 507 g/mol. The first-order chi connectivity index (χ1) is 15.2. The third-order valence-electron chi connectivity index (χ3n) is 5.30. The average molecular weight is 522 g/mol. The Bertz CT molecular complexity index is 1250. The van der Waals surface area contributed by atoms with E-state index in [2.05, 4.69) is 15.9 Å². The van der Waals surface area contributed by atoms with Gasteiger partial charge in [0.25, 0.3) is 11.6 Å². The molecule has 0 spiro atoms. The zero-order valence-electron chi connectivity index (χ0n) is 16.5. The predicted molar refractivity (Wildman–Crippen MR) is 118 cm³/mol. The van der Waals surface area contributed by atoms with Crippen molar-refractivity contribution in [3.05, 3.63) is 102 Å². The number of benzene rings is 3. The summed E-state index contributed by atoms with van der Waals surface area (Å²) in [5, 5.41) is 23.7. The number of fused-ring (bicyclic) bond motifs is 1. The highest BCUT2D eigenvalue weighted by Gasteiger charge is 2.55. The first-order valence-corrected chi connectivity index (χ1v) is 10.4. The summed E-state index contributed by atoms with van der Waals surface area (Å²) in [5.41, 5.74) is -2.79.